The van der Waals surface area contributed by atoms with E-state index in [0.717, 1.165) is 5.92 Å². The van der Waals surface area contributed by atoms with Crippen molar-refractivity contribution in [3.05, 3.63) is 11.6 Å². The third-order valence-electron chi connectivity index (χ3n) is 1.65. The fraction of sp³-hybridized carbons (Fsp3) is 0.625. The van der Waals surface area contributed by atoms with Crippen LogP contribution in [0.2, 0.25) is 0 Å². The highest BCUT2D eigenvalue weighted by Crippen LogP contribution is 2.35. The number of hydrogen-bond acceptors (Lipinski definition) is 1. The predicted molar refractivity (Wildman–Crippen MR) is 37.2 cm³/mol. The highest BCUT2D eigenvalue weighted by Gasteiger charge is 2.22. The van der Waals surface area contributed by atoms with E-state index in [0.29, 0.717) is 0 Å². The molecule has 0 N–H and O–H groups in total. The summed E-state index contributed by atoms with van der Waals surface area (Å²) in [7, 11) is 0. The largest absolute Gasteiger partial charge is 0.295 e. The average molecular weight is 124 g/mol. The first-order chi connectivity index (χ1) is 4.20. The lowest BCUT2D eigenvalue weighted by Crippen LogP contribution is -1.86. The highest BCUT2D eigenvalue weighted by atomic mass is 16.1. The van der Waals surface area contributed by atoms with Crippen molar-refractivity contribution in [3.63, 3.8) is 0 Å². The normalized spacial score (nSPS) is 20.0. The molecule has 0 heterocycles. The number of ketones is 1. The molecule has 1 nitrogen and oxygen atoms in total. The van der Waals surface area contributed by atoms with Gasteiger partial charge in [0.1, 0.15) is 0 Å². The SMILES string of the molecule is CC(=O)/C=C(\C)C1CC1. The summed E-state index contributed by atoms with van der Waals surface area (Å²) in [5.41, 5.74) is 1.27. The zero-order chi connectivity index (χ0) is 6.85. The third kappa shape index (κ3) is 2.00. The third-order valence-corrected chi connectivity index (χ3v) is 1.65. The average Bonchev–Trinajstić information content (AvgIpc) is 2.40. The topological polar surface area (TPSA) is 17.1 Å². The van der Waals surface area contributed by atoms with Gasteiger partial charge in [0.2, 0.25) is 0 Å². The van der Waals surface area contributed by atoms with Gasteiger partial charge in [0.05, 0.1) is 0 Å². The molecule has 9 heavy (non-hydrogen) atoms. The van der Waals surface area contributed by atoms with Gasteiger partial charge < -0.3 is 0 Å². The molecule has 1 rings (SSSR count). The molecule has 0 aromatic carbocycles. The van der Waals surface area contributed by atoms with E-state index in [2.05, 4.69) is 0 Å². The van der Waals surface area contributed by atoms with Gasteiger partial charge in [-0.1, -0.05) is 5.57 Å². The van der Waals surface area contributed by atoms with Crippen LogP contribution in [0, 0.1) is 5.92 Å². The molecule has 0 saturated heterocycles. The predicted octanol–water partition coefficient (Wildman–Crippen LogP) is 1.93. The molecule has 0 unspecified atom stereocenters. The molecule has 0 aromatic rings. The van der Waals surface area contributed by atoms with Crippen molar-refractivity contribution in [1.29, 1.82) is 0 Å². The molecule has 0 spiro atoms. The first-order valence-electron chi connectivity index (χ1n) is 3.39. The van der Waals surface area contributed by atoms with Crippen LogP contribution in [0.25, 0.3) is 0 Å². The van der Waals surface area contributed by atoms with Gasteiger partial charge in [-0.3, -0.25) is 4.79 Å². The van der Waals surface area contributed by atoms with Crippen molar-refractivity contribution in [3.8, 4) is 0 Å². The van der Waals surface area contributed by atoms with Crippen LogP contribution in [0.5, 0.6) is 0 Å². The first-order valence-corrected chi connectivity index (χ1v) is 3.39. The first kappa shape index (κ1) is 6.53. The molecule has 50 valence electrons. The van der Waals surface area contributed by atoms with E-state index in [1.54, 1.807) is 13.0 Å². The summed E-state index contributed by atoms with van der Waals surface area (Å²) in [4.78, 5) is 10.5. The zero-order valence-electron chi connectivity index (χ0n) is 5.98. The second-order valence-electron chi connectivity index (χ2n) is 2.77. The number of carbonyl (C=O) groups is 1. The maximum Gasteiger partial charge on any atom is 0.152 e. The molecule has 1 fully saturated rings. The van der Waals surface area contributed by atoms with Crippen LogP contribution in [-0.2, 0) is 4.79 Å². The van der Waals surface area contributed by atoms with Crippen LogP contribution in [-0.4, -0.2) is 5.78 Å². The molecule has 1 aliphatic carbocycles. The van der Waals surface area contributed by atoms with Crippen LogP contribution >= 0.6 is 0 Å². The monoisotopic (exact) mass is 124 g/mol. The molecular formula is C8H12O. The summed E-state index contributed by atoms with van der Waals surface area (Å²) in [5, 5.41) is 0. The molecular weight excluding hydrogens is 112 g/mol. The summed E-state index contributed by atoms with van der Waals surface area (Å²) in [6.07, 6.45) is 4.32. The van der Waals surface area contributed by atoms with Gasteiger partial charge in [-0.25, -0.2) is 0 Å². The zero-order valence-corrected chi connectivity index (χ0v) is 5.98. The molecule has 0 amide bonds. The molecule has 1 saturated carbocycles. The van der Waals surface area contributed by atoms with Crippen molar-refractivity contribution < 1.29 is 4.79 Å². The molecule has 0 aliphatic heterocycles. The number of carbonyl (C=O) groups excluding carboxylic acids is 1. The highest BCUT2D eigenvalue weighted by molar-refractivity contribution is 5.87. The number of allylic oxidation sites excluding steroid dienone is 2. The van der Waals surface area contributed by atoms with Gasteiger partial charge >= 0.3 is 0 Å². The van der Waals surface area contributed by atoms with Gasteiger partial charge in [-0.15, -0.1) is 0 Å². The fourth-order valence-electron chi connectivity index (χ4n) is 0.977. The van der Waals surface area contributed by atoms with Gasteiger partial charge in [0.25, 0.3) is 0 Å². The Labute approximate surface area is 55.8 Å². The molecule has 0 aromatic heterocycles. The van der Waals surface area contributed by atoms with Crippen molar-refractivity contribution in [1.82, 2.24) is 0 Å². The Kier molecular flexibility index (Phi) is 1.70. The van der Waals surface area contributed by atoms with Crippen LogP contribution in [0.15, 0.2) is 11.6 Å². The minimum Gasteiger partial charge on any atom is -0.295 e. The van der Waals surface area contributed by atoms with Crippen molar-refractivity contribution in [2.75, 3.05) is 0 Å². The lowest BCUT2D eigenvalue weighted by Gasteiger charge is -1.91. The van der Waals surface area contributed by atoms with E-state index in [1.807, 2.05) is 6.92 Å². The second-order valence-corrected chi connectivity index (χ2v) is 2.77. The minimum atomic E-state index is 0.180. The Morgan fingerprint density at radius 1 is 1.44 bits per heavy atom. The van der Waals surface area contributed by atoms with Crippen LogP contribution < -0.4 is 0 Å². The van der Waals surface area contributed by atoms with Crippen LogP contribution in [0.3, 0.4) is 0 Å². The van der Waals surface area contributed by atoms with E-state index in [-0.39, 0.29) is 5.78 Å². The molecule has 0 radical (unpaired) electrons. The van der Waals surface area contributed by atoms with Gasteiger partial charge in [0.15, 0.2) is 5.78 Å². The van der Waals surface area contributed by atoms with Gasteiger partial charge in [-0.05, 0) is 38.7 Å². The van der Waals surface area contributed by atoms with Crippen molar-refractivity contribution in [2.24, 2.45) is 5.92 Å². The molecule has 0 bridgehead atoms. The van der Waals surface area contributed by atoms with E-state index < -0.39 is 0 Å². The maximum absolute atomic E-state index is 10.5. The smallest absolute Gasteiger partial charge is 0.152 e. The van der Waals surface area contributed by atoms with Crippen LogP contribution in [0.4, 0.5) is 0 Å². The number of rotatable bonds is 2. The fourth-order valence-corrected chi connectivity index (χ4v) is 0.977. The Bertz CT molecular complexity index is 152. The Morgan fingerprint density at radius 2 is 2.00 bits per heavy atom. The van der Waals surface area contributed by atoms with E-state index in [1.165, 1.54) is 18.4 Å². The summed E-state index contributed by atoms with van der Waals surface area (Å²) < 4.78 is 0. The Morgan fingerprint density at radius 3 is 2.33 bits per heavy atom. The Hall–Kier alpha value is -0.590. The quantitative estimate of drug-likeness (QED) is 0.514. The summed E-state index contributed by atoms with van der Waals surface area (Å²) >= 11 is 0. The van der Waals surface area contributed by atoms with Crippen molar-refractivity contribution in [2.45, 2.75) is 26.7 Å². The maximum atomic E-state index is 10.5. The standard InChI is InChI=1S/C8H12O/c1-6(5-7(2)9)8-3-4-8/h5,8H,3-4H2,1-2H3/b6-5+. The summed E-state index contributed by atoms with van der Waals surface area (Å²) in [5.74, 6) is 0.924. The number of hydrogen-bond donors (Lipinski definition) is 0. The van der Waals surface area contributed by atoms with E-state index in [4.69, 9.17) is 0 Å². The molecule has 1 heteroatoms. The van der Waals surface area contributed by atoms with Gasteiger partial charge in [0, 0.05) is 0 Å². The van der Waals surface area contributed by atoms with Crippen molar-refractivity contribution >= 4 is 5.78 Å². The Balaban J connectivity index is 2.47. The lowest BCUT2D eigenvalue weighted by molar-refractivity contribution is -0.112. The van der Waals surface area contributed by atoms with E-state index in [9.17, 15) is 4.79 Å². The van der Waals surface area contributed by atoms with E-state index >= 15 is 0 Å². The summed E-state index contributed by atoms with van der Waals surface area (Å²) in [6.45, 7) is 3.64. The summed E-state index contributed by atoms with van der Waals surface area (Å²) in [6, 6.07) is 0. The van der Waals surface area contributed by atoms with Gasteiger partial charge in [-0.2, -0.15) is 0 Å². The van der Waals surface area contributed by atoms with Crippen LogP contribution in [0.1, 0.15) is 26.7 Å². The lowest BCUT2D eigenvalue weighted by atomic mass is 10.1. The minimum absolute atomic E-state index is 0.180. The molecule has 1 aliphatic rings. The molecule has 0 atom stereocenters. The second kappa shape index (κ2) is 2.34.